The molecule has 0 bridgehead atoms. The molecular formula is C42H23N3O2. The Morgan fingerprint density at radius 1 is 0.404 bits per heavy atom. The van der Waals surface area contributed by atoms with Crippen molar-refractivity contribution >= 4 is 87.4 Å². The summed E-state index contributed by atoms with van der Waals surface area (Å²) in [5.74, 6) is 0.608. The zero-order valence-electron chi connectivity index (χ0n) is 24.9. The molecule has 0 spiro atoms. The maximum absolute atomic E-state index is 6.46. The first-order valence-corrected chi connectivity index (χ1v) is 15.7. The number of nitrogens with zero attached hydrogens (tertiary/aromatic N) is 3. The van der Waals surface area contributed by atoms with Crippen LogP contribution in [0, 0.1) is 0 Å². The molecule has 4 aromatic heterocycles. The van der Waals surface area contributed by atoms with Crippen molar-refractivity contribution in [3.05, 3.63) is 140 Å². The van der Waals surface area contributed by atoms with Crippen molar-refractivity contribution in [3.63, 3.8) is 0 Å². The van der Waals surface area contributed by atoms with Gasteiger partial charge in [0.25, 0.3) is 0 Å². The third kappa shape index (κ3) is 3.48. The van der Waals surface area contributed by atoms with Gasteiger partial charge in [-0.3, -0.25) is 4.57 Å². The second kappa shape index (κ2) is 9.05. The van der Waals surface area contributed by atoms with Crippen LogP contribution in [0.3, 0.4) is 0 Å². The van der Waals surface area contributed by atoms with Crippen LogP contribution in [0.1, 0.15) is 0 Å². The fraction of sp³-hybridized carbons (Fsp3) is 0. The van der Waals surface area contributed by atoms with E-state index in [-0.39, 0.29) is 0 Å². The first-order valence-electron chi connectivity index (χ1n) is 15.7. The maximum atomic E-state index is 6.46. The molecule has 0 saturated carbocycles. The predicted molar refractivity (Wildman–Crippen MR) is 191 cm³/mol. The van der Waals surface area contributed by atoms with Crippen molar-refractivity contribution in [1.82, 2.24) is 14.5 Å². The summed E-state index contributed by atoms with van der Waals surface area (Å²) in [6.45, 7) is 0. The van der Waals surface area contributed by atoms with Crippen molar-refractivity contribution in [2.75, 3.05) is 0 Å². The highest BCUT2D eigenvalue weighted by Crippen LogP contribution is 2.40. The molecule has 0 aliphatic carbocycles. The van der Waals surface area contributed by atoms with E-state index in [2.05, 4.69) is 120 Å². The van der Waals surface area contributed by atoms with Crippen molar-refractivity contribution in [2.45, 2.75) is 0 Å². The fourth-order valence-corrected chi connectivity index (χ4v) is 7.40. The monoisotopic (exact) mass is 601 g/mol. The zero-order chi connectivity index (χ0) is 30.6. The van der Waals surface area contributed by atoms with Crippen LogP contribution in [0.25, 0.3) is 105 Å². The molecule has 4 heterocycles. The number of benzene rings is 7. The van der Waals surface area contributed by atoms with Crippen LogP contribution in [0.4, 0.5) is 0 Å². The first kappa shape index (κ1) is 24.8. The minimum Gasteiger partial charge on any atom is -0.456 e. The fourth-order valence-electron chi connectivity index (χ4n) is 7.40. The van der Waals surface area contributed by atoms with Crippen LogP contribution in [0.5, 0.6) is 0 Å². The van der Waals surface area contributed by atoms with Gasteiger partial charge >= 0.3 is 0 Å². The summed E-state index contributed by atoms with van der Waals surface area (Å²) in [5.41, 5.74) is 8.18. The molecular weight excluding hydrogens is 578 g/mol. The number of hydrogen-bond acceptors (Lipinski definition) is 4. The van der Waals surface area contributed by atoms with Crippen molar-refractivity contribution in [3.8, 4) is 17.2 Å². The van der Waals surface area contributed by atoms with Gasteiger partial charge in [-0.2, -0.15) is 0 Å². The van der Waals surface area contributed by atoms with E-state index in [0.29, 0.717) is 5.95 Å². The summed E-state index contributed by atoms with van der Waals surface area (Å²) in [7, 11) is 0. The van der Waals surface area contributed by atoms with Gasteiger partial charge < -0.3 is 8.83 Å². The molecule has 0 fully saturated rings. The second-order valence-corrected chi connectivity index (χ2v) is 12.2. The van der Waals surface area contributed by atoms with Gasteiger partial charge in [-0.15, -0.1) is 0 Å². The van der Waals surface area contributed by atoms with Gasteiger partial charge in [-0.1, -0.05) is 84.9 Å². The quantitative estimate of drug-likeness (QED) is 0.198. The molecule has 11 aromatic rings. The number of fused-ring (bicyclic) bond motifs is 11. The molecule has 11 rings (SSSR count). The van der Waals surface area contributed by atoms with E-state index in [1.165, 1.54) is 5.39 Å². The van der Waals surface area contributed by atoms with E-state index in [9.17, 15) is 0 Å². The number of rotatable bonds is 2. The second-order valence-electron chi connectivity index (χ2n) is 12.2. The van der Waals surface area contributed by atoms with Crippen LogP contribution in [0.2, 0.25) is 0 Å². The summed E-state index contributed by atoms with van der Waals surface area (Å²) in [5, 5.41) is 10.0. The lowest BCUT2D eigenvalue weighted by atomic mass is 10.0. The molecule has 47 heavy (non-hydrogen) atoms. The minimum absolute atomic E-state index is 0.608. The number of furan rings is 2. The number of aromatic nitrogens is 3. The third-order valence-electron chi connectivity index (χ3n) is 9.58. The third-order valence-corrected chi connectivity index (χ3v) is 9.58. The molecule has 218 valence electrons. The lowest BCUT2D eigenvalue weighted by Gasteiger charge is -2.11. The number of para-hydroxylation sites is 3. The number of hydrogen-bond donors (Lipinski definition) is 0. The Morgan fingerprint density at radius 2 is 1.06 bits per heavy atom. The van der Waals surface area contributed by atoms with Crippen LogP contribution in [-0.2, 0) is 0 Å². The normalized spacial score (nSPS) is 12.3. The smallest absolute Gasteiger partial charge is 0.235 e. The van der Waals surface area contributed by atoms with Gasteiger partial charge in [-0.25, -0.2) is 9.97 Å². The van der Waals surface area contributed by atoms with Gasteiger partial charge in [-0.05, 0) is 59.3 Å². The molecule has 0 saturated heterocycles. The largest absolute Gasteiger partial charge is 0.456 e. The van der Waals surface area contributed by atoms with Crippen LogP contribution in [-0.4, -0.2) is 14.5 Å². The van der Waals surface area contributed by atoms with Gasteiger partial charge in [0.15, 0.2) is 0 Å². The van der Waals surface area contributed by atoms with Crippen molar-refractivity contribution in [1.29, 1.82) is 0 Å². The average molecular weight is 602 g/mol. The van der Waals surface area contributed by atoms with E-state index in [1.807, 2.05) is 24.3 Å². The highest BCUT2D eigenvalue weighted by atomic mass is 16.3. The van der Waals surface area contributed by atoms with E-state index < -0.39 is 0 Å². The Kier molecular flexibility index (Phi) is 4.78. The molecule has 0 aliphatic rings. The van der Waals surface area contributed by atoms with Gasteiger partial charge in [0.1, 0.15) is 22.3 Å². The SMILES string of the molecule is c1ccc2cc3c(cc2c1)oc1cc(-c2nc(-n4c5ccccc5c5cc6c(cc54)oc4ccccc46)nc4ccccc24)ccc13. The predicted octanol–water partition coefficient (Wildman–Crippen LogP) is 11.3. The average Bonchev–Trinajstić information content (AvgIpc) is 3.77. The summed E-state index contributed by atoms with van der Waals surface area (Å²) < 4.78 is 15.0. The summed E-state index contributed by atoms with van der Waals surface area (Å²) in [6, 6.07) is 48.4. The Hall–Kier alpha value is -6.46. The molecule has 7 aromatic carbocycles. The van der Waals surface area contributed by atoms with E-state index in [0.717, 1.165) is 93.2 Å². The molecule has 5 heteroatoms. The van der Waals surface area contributed by atoms with Crippen molar-refractivity contribution in [2.24, 2.45) is 0 Å². The molecule has 5 nitrogen and oxygen atoms in total. The standard InChI is InChI=1S/C42H23N3O2/c1-2-10-25-20-39-32(19-24(25)9-1)29-18-17-26(21-38(29)47-39)41-30-13-3-6-14-34(30)43-42(44-41)45-35-15-7-4-11-27(35)31-22-33-28-12-5-8-16-37(28)46-40(33)23-36(31)45/h1-23H. The minimum atomic E-state index is 0.608. The Labute approximate surface area is 266 Å². The van der Waals surface area contributed by atoms with Gasteiger partial charge in [0.2, 0.25) is 5.95 Å². The lowest BCUT2D eigenvalue weighted by Crippen LogP contribution is -2.03. The van der Waals surface area contributed by atoms with E-state index in [4.69, 9.17) is 18.8 Å². The Balaban J connectivity index is 1.18. The van der Waals surface area contributed by atoms with Crippen LogP contribution < -0.4 is 0 Å². The van der Waals surface area contributed by atoms with Gasteiger partial charge in [0.05, 0.1) is 22.2 Å². The van der Waals surface area contributed by atoms with Gasteiger partial charge in [0, 0.05) is 49.3 Å². The first-order chi connectivity index (χ1) is 23.3. The molecule has 0 radical (unpaired) electrons. The summed E-state index contributed by atoms with van der Waals surface area (Å²) in [6.07, 6.45) is 0. The van der Waals surface area contributed by atoms with E-state index in [1.54, 1.807) is 0 Å². The summed E-state index contributed by atoms with van der Waals surface area (Å²) >= 11 is 0. The van der Waals surface area contributed by atoms with E-state index >= 15 is 0 Å². The lowest BCUT2D eigenvalue weighted by molar-refractivity contribution is 0.669. The Bertz CT molecular complexity index is 3090. The highest BCUT2D eigenvalue weighted by molar-refractivity contribution is 6.17. The molecule has 0 aliphatic heterocycles. The zero-order valence-corrected chi connectivity index (χ0v) is 24.9. The molecule has 0 atom stereocenters. The molecule has 0 amide bonds. The molecule has 0 unspecified atom stereocenters. The van der Waals surface area contributed by atoms with Crippen LogP contribution >= 0.6 is 0 Å². The molecule has 0 N–H and O–H groups in total. The Morgan fingerprint density at radius 3 is 1.98 bits per heavy atom. The summed E-state index contributed by atoms with van der Waals surface area (Å²) in [4.78, 5) is 10.5. The maximum Gasteiger partial charge on any atom is 0.235 e. The highest BCUT2D eigenvalue weighted by Gasteiger charge is 2.20. The van der Waals surface area contributed by atoms with Crippen LogP contribution in [0.15, 0.2) is 148 Å². The van der Waals surface area contributed by atoms with Crippen molar-refractivity contribution < 1.29 is 8.83 Å². The topological polar surface area (TPSA) is 57.0 Å².